The number of halogens is 1. The molecule has 3 nitrogen and oxygen atoms in total. The molecular formula is C16H25ClN2O. The molecule has 1 aromatic carbocycles. The molecule has 0 saturated carbocycles. The summed E-state index contributed by atoms with van der Waals surface area (Å²) in [7, 11) is 1.83. The maximum Gasteiger partial charge on any atom is 0.225 e. The van der Waals surface area contributed by atoms with Crippen LogP contribution in [0.5, 0.6) is 0 Å². The van der Waals surface area contributed by atoms with Crippen LogP contribution in [0.1, 0.15) is 38.7 Å². The fourth-order valence-electron chi connectivity index (χ4n) is 2.21. The SMILES string of the molecule is CC(N)CCCC(C)C(=O)N(C)Cc1ccccc1Cl. The Morgan fingerprint density at radius 3 is 2.55 bits per heavy atom. The number of nitrogens with zero attached hydrogens (tertiary/aromatic N) is 1. The van der Waals surface area contributed by atoms with E-state index in [0.717, 1.165) is 24.8 Å². The molecule has 0 aliphatic carbocycles. The van der Waals surface area contributed by atoms with Crippen molar-refractivity contribution in [2.75, 3.05) is 7.05 Å². The van der Waals surface area contributed by atoms with Crippen molar-refractivity contribution < 1.29 is 4.79 Å². The van der Waals surface area contributed by atoms with Crippen LogP contribution in [-0.2, 0) is 11.3 Å². The maximum atomic E-state index is 12.3. The van der Waals surface area contributed by atoms with Gasteiger partial charge in [0.1, 0.15) is 0 Å². The van der Waals surface area contributed by atoms with Crippen LogP contribution in [0.4, 0.5) is 0 Å². The van der Waals surface area contributed by atoms with Crippen LogP contribution in [0, 0.1) is 5.92 Å². The standard InChI is InChI=1S/C16H25ClN2O/c1-12(7-6-8-13(2)18)16(20)19(3)11-14-9-4-5-10-15(14)17/h4-5,9-10,12-13H,6-8,11,18H2,1-3H3. The molecule has 20 heavy (non-hydrogen) atoms. The average Bonchev–Trinajstić information content (AvgIpc) is 2.39. The summed E-state index contributed by atoms with van der Waals surface area (Å²) < 4.78 is 0. The summed E-state index contributed by atoms with van der Waals surface area (Å²) in [5.41, 5.74) is 6.70. The molecule has 1 aromatic rings. The number of hydrogen-bond acceptors (Lipinski definition) is 2. The van der Waals surface area contributed by atoms with Crippen LogP contribution in [0.25, 0.3) is 0 Å². The molecule has 0 radical (unpaired) electrons. The quantitative estimate of drug-likeness (QED) is 0.837. The highest BCUT2D eigenvalue weighted by molar-refractivity contribution is 6.31. The van der Waals surface area contributed by atoms with Gasteiger partial charge in [-0.05, 0) is 31.4 Å². The summed E-state index contributed by atoms with van der Waals surface area (Å²) in [5.74, 6) is 0.191. The van der Waals surface area contributed by atoms with Crippen LogP contribution < -0.4 is 5.73 Å². The largest absolute Gasteiger partial charge is 0.341 e. The predicted molar refractivity (Wildman–Crippen MR) is 84.6 cm³/mol. The van der Waals surface area contributed by atoms with Crippen molar-refractivity contribution in [1.82, 2.24) is 4.90 Å². The molecule has 4 heteroatoms. The Kier molecular flexibility index (Phi) is 7.03. The molecule has 0 aliphatic heterocycles. The highest BCUT2D eigenvalue weighted by Gasteiger charge is 2.18. The molecular weight excluding hydrogens is 272 g/mol. The molecule has 0 aromatic heterocycles. The number of hydrogen-bond donors (Lipinski definition) is 1. The highest BCUT2D eigenvalue weighted by atomic mass is 35.5. The summed E-state index contributed by atoms with van der Waals surface area (Å²) in [4.78, 5) is 14.0. The minimum Gasteiger partial charge on any atom is -0.341 e. The minimum atomic E-state index is 0.0289. The van der Waals surface area contributed by atoms with Gasteiger partial charge in [-0.2, -0.15) is 0 Å². The van der Waals surface area contributed by atoms with Gasteiger partial charge in [-0.15, -0.1) is 0 Å². The van der Waals surface area contributed by atoms with Gasteiger partial charge in [-0.1, -0.05) is 43.1 Å². The molecule has 2 N–H and O–H groups in total. The van der Waals surface area contributed by atoms with Crippen molar-refractivity contribution in [3.05, 3.63) is 34.9 Å². The first-order valence-corrected chi connectivity index (χ1v) is 7.53. The van der Waals surface area contributed by atoms with Gasteiger partial charge in [0.05, 0.1) is 0 Å². The molecule has 0 bridgehead atoms. The highest BCUT2D eigenvalue weighted by Crippen LogP contribution is 2.18. The molecule has 0 fully saturated rings. The number of nitrogens with two attached hydrogens (primary N) is 1. The van der Waals surface area contributed by atoms with Crippen LogP contribution in [0.2, 0.25) is 5.02 Å². The second kappa shape index (κ2) is 8.28. The van der Waals surface area contributed by atoms with Gasteiger partial charge in [0.2, 0.25) is 5.91 Å². The Balaban J connectivity index is 2.48. The summed E-state index contributed by atoms with van der Waals surface area (Å²) in [5, 5.41) is 0.705. The first-order chi connectivity index (χ1) is 9.41. The minimum absolute atomic E-state index is 0.0289. The first-order valence-electron chi connectivity index (χ1n) is 7.15. The topological polar surface area (TPSA) is 46.3 Å². The third kappa shape index (κ3) is 5.51. The summed E-state index contributed by atoms with van der Waals surface area (Å²) in [6.45, 7) is 4.53. The Morgan fingerprint density at radius 1 is 1.30 bits per heavy atom. The van der Waals surface area contributed by atoms with Gasteiger partial charge >= 0.3 is 0 Å². The van der Waals surface area contributed by atoms with E-state index in [1.165, 1.54) is 0 Å². The van der Waals surface area contributed by atoms with E-state index in [4.69, 9.17) is 17.3 Å². The van der Waals surface area contributed by atoms with Crippen molar-refractivity contribution >= 4 is 17.5 Å². The smallest absolute Gasteiger partial charge is 0.225 e. The average molecular weight is 297 g/mol. The van der Waals surface area contributed by atoms with Crippen LogP contribution in [-0.4, -0.2) is 23.9 Å². The summed E-state index contributed by atoms with van der Waals surface area (Å²) in [6.07, 6.45) is 2.84. The van der Waals surface area contributed by atoms with E-state index >= 15 is 0 Å². The van der Waals surface area contributed by atoms with Crippen LogP contribution in [0.3, 0.4) is 0 Å². The van der Waals surface area contributed by atoms with E-state index in [-0.39, 0.29) is 17.9 Å². The lowest BCUT2D eigenvalue weighted by molar-refractivity contribution is -0.134. The van der Waals surface area contributed by atoms with Crippen molar-refractivity contribution in [2.45, 2.75) is 45.7 Å². The zero-order valence-corrected chi connectivity index (χ0v) is 13.4. The van der Waals surface area contributed by atoms with Gasteiger partial charge in [0.25, 0.3) is 0 Å². The lowest BCUT2D eigenvalue weighted by Gasteiger charge is -2.22. The van der Waals surface area contributed by atoms with Gasteiger partial charge < -0.3 is 10.6 Å². The Morgan fingerprint density at radius 2 is 1.95 bits per heavy atom. The Labute approximate surface area is 127 Å². The van der Waals surface area contributed by atoms with Crippen molar-refractivity contribution in [2.24, 2.45) is 11.7 Å². The molecule has 112 valence electrons. The monoisotopic (exact) mass is 296 g/mol. The van der Waals surface area contributed by atoms with E-state index in [1.807, 2.05) is 45.2 Å². The van der Waals surface area contributed by atoms with Gasteiger partial charge in [0, 0.05) is 30.6 Å². The maximum absolute atomic E-state index is 12.3. The lowest BCUT2D eigenvalue weighted by atomic mass is 10.0. The van der Waals surface area contributed by atoms with Gasteiger partial charge in [-0.25, -0.2) is 0 Å². The molecule has 2 unspecified atom stereocenters. The Bertz CT molecular complexity index is 434. The second-order valence-electron chi connectivity index (χ2n) is 5.59. The van der Waals surface area contributed by atoms with E-state index in [2.05, 4.69) is 0 Å². The first kappa shape index (κ1) is 17.0. The fourth-order valence-corrected chi connectivity index (χ4v) is 2.40. The zero-order valence-electron chi connectivity index (χ0n) is 12.6. The Hall–Kier alpha value is -1.06. The zero-order chi connectivity index (χ0) is 15.1. The normalized spacial score (nSPS) is 13.8. The fraction of sp³-hybridized carbons (Fsp3) is 0.562. The number of rotatable bonds is 7. The second-order valence-corrected chi connectivity index (χ2v) is 6.00. The van der Waals surface area contributed by atoms with E-state index in [9.17, 15) is 4.79 Å². The van der Waals surface area contributed by atoms with Gasteiger partial charge in [0.15, 0.2) is 0 Å². The third-order valence-electron chi connectivity index (χ3n) is 3.46. The van der Waals surface area contributed by atoms with Crippen LogP contribution in [0.15, 0.2) is 24.3 Å². The van der Waals surface area contributed by atoms with E-state index in [0.29, 0.717) is 11.6 Å². The van der Waals surface area contributed by atoms with Gasteiger partial charge in [-0.3, -0.25) is 4.79 Å². The summed E-state index contributed by atoms with van der Waals surface area (Å²) in [6, 6.07) is 7.84. The molecule has 0 aliphatic rings. The molecule has 0 heterocycles. The van der Waals surface area contributed by atoms with E-state index in [1.54, 1.807) is 4.90 Å². The van der Waals surface area contributed by atoms with Crippen molar-refractivity contribution in [1.29, 1.82) is 0 Å². The van der Waals surface area contributed by atoms with Crippen molar-refractivity contribution in [3.8, 4) is 0 Å². The third-order valence-corrected chi connectivity index (χ3v) is 3.83. The summed E-state index contributed by atoms with van der Waals surface area (Å²) >= 11 is 6.12. The molecule has 1 amide bonds. The van der Waals surface area contributed by atoms with Crippen molar-refractivity contribution in [3.63, 3.8) is 0 Å². The molecule has 2 atom stereocenters. The number of carbonyl (C=O) groups is 1. The van der Waals surface area contributed by atoms with E-state index < -0.39 is 0 Å². The molecule has 0 saturated heterocycles. The van der Waals surface area contributed by atoms with Crippen LogP contribution >= 0.6 is 11.6 Å². The number of benzene rings is 1. The lowest BCUT2D eigenvalue weighted by Crippen LogP contribution is -2.31. The molecule has 0 spiro atoms. The number of amides is 1. The molecule has 1 rings (SSSR count). The predicted octanol–water partition coefficient (Wildman–Crippen LogP) is 3.45. The number of carbonyl (C=O) groups excluding carboxylic acids is 1.